The summed E-state index contributed by atoms with van der Waals surface area (Å²) in [5.41, 5.74) is 2.69. The number of hydrogen-bond acceptors (Lipinski definition) is 3. The Balaban J connectivity index is 0.00000205. The minimum Gasteiger partial charge on any atom is -0.339 e. The van der Waals surface area contributed by atoms with E-state index in [2.05, 4.69) is 29.6 Å². The molecule has 1 heterocycles. The average molecular weight is 418 g/mol. The molecule has 4 aromatic carbocycles. The first-order valence-electron chi connectivity index (χ1n) is 9.06. The second kappa shape index (κ2) is 8.08. The predicted octanol–water partition coefficient (Wildman–Crippen LogP) is 7.27. The summed E-state index contributed by atoms with van der Waals surface area (Å²) < 4.78 is 0. The van der Waals surface area contributed by atoms with Crippen LogP contribution in [0.25, 0.3) is 33.1 Å². The van der Waals surface area contributed by atoms with Gasteiger partial charge in [0.15, 0.2) is 5.82 Å². The lowest BCUT2D eigenvalue weighted by Gasteiger charge is -2.13. The van der Waals surface area contributed by atoms with Crippen molar-refractivity contribution in [1.29, 1.82) is 0 Å². The molecule has 5 aromatic rings. The molecule has 0 aliphatic rings. The van der Waals surface area contributed by atoms with E-state index in [0.717, 1.165) is 33.4 Å². The summed E-state index contributed by atoms with van der Waals surface area (Å²) in [6.45, 7) is 0. The van der Waals surface area contributed by atoms with Crippen molar-refractivity contribution < 1.29 is 0 Å². The summed E-state index contributed by atoms with van der Waals surface area (Å²) in [4.78, 5) is 9.56. The molecule has 0 bridgehead atoms. The van der Waals surface area contributed by atoms with Gasteiger partial charge in [-0.05, 0) is 35.7 Å². The van der Waals surface area contributed by atoms with Crippen molar-refractivity contribution >= 4 is 57.2 Å². The first kappa shape index (κ1) is 19.2. The Bertz CT molecular complexity index is 1310. The van der Waals surface area contributed by atoms with Gasteiger partial charge in [-0.3, -0.25) is 0 Å². The highest BCUT2D eigenvalue weighted by Crippen LogP contribution is 2.32. The lowest BCUT2D eigenvalue weighted by molar-refractivity contribution is 1.22. The van der Waals surface area contributed by atoms with E-state index in [1.165, 1.54) is 5.39 Å². The third-order valence-electron chi connectivity index (χ3n) is 4.76. The molecule has 0 saturated carbocycles. The van der Waals surface area contributed by atoms with Crippen molar-refractivity contribution in [2.75, 3.05) is 5.32 Å². The van der Waals surface area contributed by atoms with E-state index in [4.69, 9.17) is 21.6 Å². The maximum absolute atomic E-state index is 6.40. The number of anilines is 2. The van der Waals surface area contributed by atoms with E-state index >= 15 is 0 Å². The molecule has 0 fully saturated rings. The highest BCUT2D eigenvalue weighted by Gasteiger charge is 2.12. The number of para-hydroxylation sites is 1. The number of fused-ring (bicyclic) bond motifs is 2. The number of benzene rings is 4. The monoisotopic (exact) mass is 417 g/mol. The van der Waals surface area contributed by atoms with E-state index in [1.54, 1.807) is 0 Å². The van der Waals surface area contributed by atoms with Gasteiger partial charge in [0.25, 0.3) is 0 Å². The zero-order valence-electron chi connectivity index (χ0n) is 15.3. The first-order valence-corrected chi connectivity index (χ1v) is 9.44. The summed E-state index contributed by atoms with van der Waals surface area (Å²) in [6.07, 6.45) is 0. The number of aromatic nitrogens is 2. The minimum absolute atomic E-state index is 0. The molecule has 3 nitrogen and oxygen atoms in total. The predicted molar refractivity (Wildman–Crippen MR) is 124 cm³/mol. The SMILES string of the molecule is Cl.Clc1ccccc1-c1nc(Nc2cccc3ccccc23)c2ccccc2n1. The second-order valence-electron chi connectivity index (χ2n) is 6.54. The minimum atomic E-state index is 0. The van der Waals surface area contributed by atoms with Crippen LogP contribution in [0.2, 0.25) is 5.02 Å². The molecule has 5 heteroatoms. The Morgan fingerprint density at radius 3 is 2.21 bits per heavy atom. The maximum Gasteiger partial charge on any atom is 0.163 e. The molecular formula is C24H17Cl2N3. The Morgan fingerprint density at radius 1 is 0.655 bits per heavy atom. The fourth-order valence-electron chi connectivity index (χ4n) is 3.40. The van der Waals surface area contributed by atoms with E-state index in [1.807, 2.05) is 66.7 Å². The molecule has 0 saturated heterocycles. The van der Waals surface area contributed by atoms with Crippen LogP contribution in [0.1, 0.15) is 0 Å². The Hall–Kier alpha value is -3.14. The number of hydrogen-bond donors (Lipinski definition) is 1. The summed E-state index contributed by atoms with van der Waals surface area (Å²) in [6, 6.07) is 30.1. The number of halogens is 2. The molecule has 29 heavy (non-hydrogen) atoms. The van der Waals surface area contributed by atoms with Crippen LogP contribution in [0.4, 0.5) is 11.5 Å². The van der Waals surface area contributed by atoms with Crippen molar-refractivity contribution in [3.63, 3.8) is 0 Å². The lowest BCUT2D eigenvalue weighted by Crippen LogP contribution is -2.00. The van der Waals surface area contributed by atoms with Crippen LogP contribution in [-0.2, 0) is 0 Å². The third-order valence-corrected chi connectivity index (χ3v) is 5.09. The molecule has 0 amide bonds. The Morgan fingerprint density at radius 2 is 1.34 bits per heavy atom. The van der Waals surface area contributed by atoms with E-state index in [-0.39, 0.29) is 12.4 Å². The molecule has 0 spiro atoms. The van der Waals surface area contributed by atoms with Crippen molar-refractivity contribution in [2.45, 2.75) is 0 Å². The molecular weight excluding hydrogens is 401 g/mol. The molecule has 0 radical (unpaired) electrons. The van der Waals surface area contributed by atoms with E-state index in [0.29, 0.717) is 10.8 Å². The van der Waals surface area contributed by atoms with Crippen LogP contribution in [0.5, 0.6) is 0 Å². The topological polar surface area (TPSA) is 37.8 Å². The van der Waals surface area contributed by atoms with Gasteiger partial charge < -0.3 is 5.32 Å². The van der Waals surface area contributed by atoms with Gasteiger partial charge in [-0.15, -0.1) is 12.4 Å². The molecule has 142 valence electrons. The highest BCUT2D eigenvalue weighted by molar-refractivity contribution is 6.33. The zero-order chi connectivity index (χ0) is 18.9. The quantitative estimate of drug-likeness (QED) is 0.335. The zero-order valence-corrected chi connectivity index (χ0v) is 16.9. The molecule has 0 aliphatic heterocycles. The fourth-order valence-corrected chi connectivity index (χ4v) is 3.62. The fraction of sp³-hybridized carbons (Fsp3) is 0. The smallest absolute Gasteiger partial charge is 0.163 e. The van der Waals surface area contributed by atoms with Crippen LogP contribution in [-0.4, -0.2) is 9.97 Å². The van der Waals surface area contributed by atoms with Crippen LogP contribution >= 0.6 is 24.0 Å². The highest BCUT2D eigenvalue weighted by atomic mass is 35.5. The van der Waals surface area contributed by atoms with Crippen LogP contribution in [0, 0.1) is 0 Å². The van der Waals surface area contributed by atoms with Crippen molar-refractivity contribution in [3.05, 3.63) is 96.0 Å². The summed E-state index contributed by atoms with van der Waals surface area (Å²) >= 11 is 6.40. The van der Waals surface area contributed by atoms with Gasteiger partial charge in [-0.1, -0.05) is 72.3 Å². The molecule has 1 aromatic heterocycles. The average Bonchev–Trinajstić information content (AvgIpc) is 2.74. The number of nitrogens with one attached hydrogen (secondary N) is 1. The van der Waals surface area contributed by atoms with Gasteiger partial charge in [0, 0.05) is 22.0 Å². The van der Waals surface area contributed by atoms with Gasteiger partial charge in [-0.2, -0.15) is 0 Å². The Kier molecular flexibility index (Phi) is 5.34. The summed E-state index contributed by atoms with van der Waals surface area (Å²) in [7, 11) is 0. The van der Waals surface area contributed by atoms with Crippen molar-refractivity contribution in [3.8, 4) is 11.4 Å². The van der Waals surface area contributed by atoms with Crippen LogP contribution in [0.15, 0.2) is 91.0 Å². The van der Waals surface area contributed by atoms with Crippen molar-refractivity contribution in [2.24, 2.45) is 0 Å². The summed E-state index contributed by atoms with van der Waals surface area (Å²) in [5.74, 6) is 1.36. The third kappa shape index (κ3) is 3.63. The first-order chi connectivity index (χ1) is 13.8. The lowest BCUT2D eigenvalue weighted by atomic mass is 10.1. The molecule has 5 rings (SSSR count). The van der Waals surface area contributed by atoms with Gasteiger partial charge in [0.1, 0.15) is 5.82 Å². The number of nitrogens with zero attached hydrogens (tertiary/aromatic N) is 2. The Labute approximate surface area is 179 Å². The van der Waals surface area contributed by atoms with Crippen molar-refractivity contribution in [1.82, 2.24) is 9.97 Å². The second-order valence-corrected chi connectivity index (χ2v) is 6.95. The normalized spacial score (nSPS) is 10.7. The van der Waals surface area contributed by atoms with E-state index < -0.39 is 0 Å². The molecule has 0 unspecified atom stereocenters. The van der Waals surface area contributed by atoms with Crippen LogP contribution in [0.3, 0.4) is 0 Å². The number of rotatable bonds is 3. The van der Waals surface area contributed by atoms with Gasteiger partial charge >= 0.3 is 0 Å². The summed E-state index contributed by atoms with van der Waals surface area (Å²) in [5, 5.41) is 7.45. The maximum atomic E-state index is 6.40. The van der Waals surface area contributed by atoms with Crippen LogP contribution < -0.4 is 5.32 Å². The molecule has 1 N–H and O–H groups in total. The molecule has 0 atom stereocenters. The largest absolute Gasteiger partial charge is 0.339 e. The van der Waals surface area contributed by atoms with Gasteiger partial charge in [0.2, 0.25) is 0 Å². The van der Waals surface area contributed by atoms with E-state index in [9.17, 15) is 0 Å². The van der Waals surface area contributed by atoms with Gasteiger partial charge in [-0.25, -0.2) is 9.97 Å². The molecule has 0 aliphatic carbocycles. The van der Waals surface area contributed by atoms with Gasteiger partial charge in [0.05, 0.1) is 10.5 Å². The standard InChI is InChI=1S/C24H16ClN3.ClH/c25-20-13-5-3-11-18(20)23-27-22-14-6-4-12-19(22)24(28-23)26-21-15-7-9-16-8-1-2-10-17(16)21;/h1-15H,(H,26,27,28);1H.